The van der Waals surface area contributed by atoms with Crippen LogP contribution in [-0.4, -0.2) is 52.8 Å². The van der Waals surface area contributed by atoms with Gasteiger partial charge in [0, 0.05) is 18.5 Å². The number of rotatable bonds is 7. The van der Waals surface area contributed by atoms with E-state index in [0.29, 0.717) is 17.2 Å². The highest BCUT2D eigenvalue weighted by atomic mass is 35.5. The summed E-state index contributed by atoms with van der Waals surface area (Å²) in [6, 6.07) is -0.0417. The predicted molar refractivity (Wildman–Crippen MR) is 167 cm³/mol. The van der Waals surface area contributed by atoms with Crippen molar-refractivity contribution < 1.29 is 15.7 Å². The minimum atomic E-state index is -0.0417. The molecule has 0 aromatic rings. The highest BCUT2D eigenvalue weighted by Crippen LogP contribution is 2.46. The Morgan fingerprint density at radius 2 is 1.51 bits per heavy atom. The summed E-state index contributed by atoms with van der Waals surface area (Å²) in [5.74, 6) is 5.78. The van der Waals surface area contributed by atoms with E-state index in [-0.39, 0.29) is 29.8 Å². The molecule has 39 heavy (non-hydrogen) atoms. The number of carbonyl (C=O) groups excluding carboxylic acids is 1. The SMILES string of the molecule is C.CC1CCC(C2CCCC(CN[C@@H](C(=O)N3CC[C@H](C4CCC(Cl)CC4)C(C)(C)C3)C(C)C)C2)CC1.O.O. The van der Waals surface area contributed by atoms with E-state index in [9.17, 15) is 4.79 Å². The number of carbonyl (C=O) groups is 1. The van der Waals surface area contributed by atoms with Crippen LogP contribution in [-0.2, 0) is 4.79 Å². The first-order chi connectivity index (χ1) is 17.1. The molecule has 4 fully saturated rings. The van der Waals surface area contributed by atoms with Crippen molar-refractivity contribution in [3.63, 3.8) is 0 Å². The fourth-order valence-electron chi connectivity index (χ4n) is 8.72. The maximum absolute atomic E-state index is 13.8. The molecule has 5 nitrogen and oxygen atoms in total. The minimum absolute atomic E-state index is 0. The summed E-state index contributed by atoms with van der Waals surface area (Å²) >= 11 is 6.40. The number of hydrogen-bond acceptors (Lipinski definition) is 2. The third-order valence-electron chi connectivity index (χ3n) is 11.0. The van der Waals surface area contributed by atoms with E-state index in [2.05, 4.69) is 44.8 Å². The van der Waals surface area contributed by atoms with Crippen LogP contribution in [0.5, 0.6) is 0 Å². The van der Waals surface area contributed by atoms with E-state index in [1.165, 1.54) is 77.0 Å². The number of hydrogen-bond donors (Lipinski definition) is 1. The number of alkyl halides is 1. The Kier molecular flexibility index (Phi) is 15.3. The Bertz CT molecular complexity index is 701. The molecule has 1 heterocycles. The Morgan fingerprint density at radius 3 is 2.10 bits per heavy atom. The van der Waals surface area contributed by atoms with Crippen molar-refractivity contribution in [2.75, 3.05) is 19.6 Å². The quantitative estimate of drug-likeness (QED) is 0.336. The molecule has 3 saturated carbocycles. The fraction of sp³-hybridized carbons (Fsp3) is 0.970. The molecule has 1 saturated heterocycles. The number of likely N-dealkylation sites (tertiary alicyclic amines) is 1. The van der Waals surface area contributed by atoms with E-state index in [1.54, 1.807) is 0 Å². The average molecular weight is 573 g/mol. The van der Waals surface area contributed by atoms with E-state index in [1.807, 2.05) is 0 Å². The second-order valence-electron chi connectivity index (χ2n) is 14.6. The smallest absolute Gasteiger partial charge is 0.239 e. The summed E-state index contributed by atoms with van der Waals surface area (Å²) < 4.78 is 0. The fourth-order valence-corrected chi connectivity index (χ4v) is 8.97. The number of amides is 1. The van der Waals surface area contributed by atoms with Gasteiger partial charge in [-0.05, 0) is 111 Å². The Morgan fingerprint density at radius 1 is 0.897 bits per heavy atom. The number of nitrogens with one attached hydrogen (secondary N) is 1. The van der Waals surface area contributed by atoms with Crippen molar-refractivity contribution >= 4 is 17.5 Å². The van der Waals surface area contributed by atoms with Crippen molar-refractivity contribution in [3.8, 4) is 0 Å². The summed E-state index contributed by atoms with van der Waals surface area (Å²) in [5, 5.41) is 4.20. The second-order valence-corrected chi connectivity index (χ2v) is 15.2. The lowest BCUT2D eigenvalue weighted by atomic mass is 9.64. The molecule has 2 unspecified atom stereocenters. The number of piperidine rings is 1. The van der Waals surface area contributed by atoms with Crippen molar-refractivity contribution in [1.82, 2.24) is 10.2 Å². The van der Waals surface area contributed by atoms with E-state index >= 15 is 0 Å². The molecule has 4 rings (SSSR count). The molecule has 1 aliphatic heterocycles. The molecule has 6 heteroatoms. The van der Waals surface area contributed by atoms with Crippen LogP contribution in [0.3, 0.4) is 0 Å². The normalized spacial score (nSPS) is 35.7. The van der Waals surface area contributed by atoms with Gasteiger partial charge in [0.2, 0.25) is 5.91 Å². The van der Waals surface area contributed by atoms with Crippen LogP contribution < -0.4 is 5.32 Å². The largest absolute Gasteiger partial charge is 0.412 e. The predicted octanol–water partition coefficient (Wildman–Crippen LogP) is 6.89. The zero-order valence-electron chi connectivity index (χ0n) is 25.2. The molecule has 0 radical (unpaired) electrons. The molecule has 232 valence electrons. The maximum atomic E-state index is 13.8. The van der Waals surface area contributed by atoms with Gasteiger partial charge in [0.15, 0.2) is 0 Å². The number of halogens is 1. The first kappa shape index (κ1) is 36.7. The summed E-state index contributed by atoms with van der Waals surface area (Å²) in [6.07, 6.45) is 17.4. The zero-order chi connectivity index (χ0) is 25.9. The van der Waals surface area contributed by atoms with Crippen LogP contribution >= 0.6 is 11.6 Å². The van der Waals surface area contributed by atoms with Crippen LogP contribution in [0, 0.1) is 46.8 Å². The van der Waals surface area contributed by atoms with Gasteiger partial charge in [-0.15, -0.1) is 11.6 Å². The highest BCUT2D eigenvalue weighted by molar-refractivity contribution is 6.20. The summed E-state index contributed by atoms with van der Waals surface area (Å²) in [5.41, 5.74) is 0.188. The third-order valence-corrected chi connectivity index (χ3v) is 11.4. The van der Waals surface area contributed by atoms with Gasteiger partial charge in [-0.25, -0.2) is 0 Å². The van der Waals surface area contributed by atoms with Gasteiger partial charge in [0.1, 0.15) is 0 Å². The van der Waals surface area contributed by atoms with E-state index in [0.717, 1.165) is 61.6 Å². The zero-order valence-corrected chi connectivity index (χ0v) is 26.0. The third kappa shape index (κ3) is 9.58. The molecule has 0 spiro atoms. The lowest BCUT2D eigenvalue weighted by molar-refractivity contribution is -0.140. The lowest BCUT2D eigenvalue weighted by Crippen LogP contribution is -2.56. The van der Waals surface area contributed by atoms with Gasteiger partial charge in [-0.3, -0.25) is 4.79 Å². The van der Waals surface area contributed by atoms with Gasteiger partial charge < -0.3 is 21.2 Å². The van der Waals surface area contributed by atoms with E-state index < -0.39 is 0 Å². The van der Waals surface area contributed by atoms with Crippen LogP contribution in [0.25, 0.3) is 0 Å². The molecule has 3 aliphatic carbocycles. The molecule has 0 bridgehead atoms. The molecule has 4 atom stereocenters. The van der Waals surface area contributed by atoms with Crippen molar-refractivity contribution in [2.45, 2.75) is 137 Å². The topological polar surface area (TPSA) is 95.3 Å². The molecule has 5 N–H and O–H groups in total. The Hall–Kier alpha value is -0.360. The van der Waals surface area contributed by atoms with Gasteiger partial charge in [0.05, 0.1) is 6.04 Å². The van der Waals surface area contributed by atoms with E-state index in [4.69, 9.17) is 11.6 Å². The van der Waals surface area contributed by atoms with Crippen molar-refractivity contribution in [3.05, 3.63) is 0 Å². The lowest BCUT2D eigenvalue weighted by Gasteiger charge is -2.49. The van der Waals surface area contributed by atoms with Crippen molar-refractivity contribution in [2.24, 2.45) is 46.8 Å². The summed E-state index contributed by atoms with van der Waals surface area (Å²) in [7, 11) is 0. The van der Waals surface area contributed by atoms with Gasteiger partial charge in [-0.2, -0.15) is 0 Å². The van der Waals surface area contributed by atoms with Crippen LogP contribution in [0.15, 0.2) is 0 Å². The average Bonchev–Trinajstić information content (AvgIpc) is 2.84. The second kappa shape index (κ2) is 16.3. The van der Waals surface area contributed by atoms with Crippen molar-refractivity contribution in [1.29, 1.82) is 0 Å². The Labute approximate surface area is 246 Å². The minimum Gasteiger partial charge on any atom is -0.412 e. The molecule has 1 amide bonds. The first-order valence-electron chi connectivity index (χ1n) is 15.8. The summed E-state index contributed by atoms with van der Waals surface area (Å²) in [6.45, 7) is 14.6. The van der Waals surface area contributed by atoms with Gasteiger partial charge in [-0.1, -0.05) is 67.7 Å². The van der Waals surface area contributed by atoms with Crippen LogP contribution in [0.1, 0.15) is 126 Å². The summed E-state index contributed by atoms with van der Waals surface area (Å²) in [4.78, 5) is 16.0. The molecule has 0 aromatic heterocycles. The molecule has 0 aromatic carbocycles. The van der Waals surface area contributed by atoms with Crippen LogP contribution in [0.4, 0.5) is 0 Å². The molecular formula is C33H65ClN2O3. The monoisotopic (exact) mass is 572 g/mol. The van der Waals surface area contributed by atoms with Crippen LogP contribution in [0.2, 0.25) is 0 Å². The van der Waals surface area contributed by atoms with Gasteiger partial charge in [0.25, 0.3) is 0 Å². The number of nitrogens with zero attached hydrogens (tertiary/aromatic N) is 1. The first-order valence-corrected chi connectivity index (χ1v) is 16.2. The molecular weight excluding hydrogens is 508 g/mol. The highest BCUT2D eigenvalue weighted by Gasteiger charge is 2.43. The maximum Gasteiger partial charge on any atom is 0.239 e. The standard InChI is InChI=1S/C32H57ClN2O.CH4.2H2O/c1-22(2)30(34-20-24-7-6-8-27(19-24)25-11-9-23(3)10-12-25)31(36)35-18-17-29(32(4,5)21-35)26-13-15-28(33)16-14-26;;;/h22-30,34H,6-21H2,1-5H3;1H4;2*1H2/t23?,24?,25?,26?,27?,28?,29-,30-;;;/m1.../s1. The molecule has 4 aliphatic rings. The van der Waals surface area contributed by atoms with Gasteiger partial charge >= 0.3 is 0 Å². The Balaban J connectivity index is 0.00000253.